The number of nitrogens with two attached hydrogens (primary N) is 1. The minimum atomic E-state index is -0.336. The molecule has 0 saturated heterocycles. The molecule has 3 heterocycles. The molecule has 6 rings (SSSR count). The quantitative estimate of drug-likeness (QED) is 0.258. The molecule has 0 fully saturated rings. The average Bonchev–Trinajstić information content (AvgIpc) is 3.42. The van der Waals surface area contributed by atoms with Gasteiger partial charge in [-0.15, -0.1) is 0 Å². The van der Waals surface area contributed by atoms with Crippen molar-refractivity contribution in [2.45, 2.75) is 13.0 Å². The van der Waals surface area contributed by atoms with Gasteiger partial charge >= 0.3 is 0 Å². The van der Waals surface area contributed by atoms with Crippen LogP contribution in [0.2, 0.25) is 0 Å². The predicted molar refractivity (Wildman–Crippen MR) is 145 cm³/mol. The van der Waals surface area contributed by atoms with Crippen LogP contribution in [0.15, 0.2) is 85.1 Å². The summed E-state index contributed by atoms with van der Waals surface area (Å²) >= 11 is 0. The highest BCUT2D eigenvalue weighted by atomic mass is 16.5. The molecule has 0 radical (unpaired) electrons. The lowest BCUT2D eigenvalue weighted by Crippen LogP contribution is -2.31. The van der Waals surface area contributed by atoms with E-state index in [0.29, 0.717) is 46.5 Å². The van der Waals surface area contributed by atoms with Crippen molar-refractivity contribution < 1.29 is 14.3 Å². The van der Waals surface area contributed by atoms with Crippen LogP contribution in [0.5, 0.6) is 5.75 Å². The molecule has 8 heteroatoms. The Hall–Kier alpha value is -4.98. The zero-order valence-corrected chi connectivity index (χ0v) is 20.8. The van der Waals surface area contributed by atoms with E-state index in [1.54, 1.807) is 17.9 Å². The van der Waals surface area contributed by atoms with Gasteiger partial charge in [-0.1, -0.05) is 54.6 Å². The minimum Gasteiger partial charge on any atom is -0.497 e. The number of methoxy groups -OCH3 is 1. The number of carbonyl (C=O) groups is 2. The van der Waals surface area contributed by atoms with E-state index >= 15 is 0 Å². The molecule has 0 spiro atoms. The fraction of sp³-hybridized carbons (Fsp3) is 0.133. The zero-order valence-electron chi connectivity index (χ0n) is 20.8. The number of nitrogens with zero attached hydrogens (tertiary/aromatic N) is 4. The van der Waals surface area contributed by atoms with Crippen LogP contribution in [-0.4, -0.2) is 45.1 Å². The average molecular weight is 504 g/mol. The third kappa shape index (κ3) is 4.06. The molecule has 3 aromatic carbocycles. The van der Waals surface area contributed by atoms with Gasteiger partial charge in [-0.2, -0.15) is 5.10 Å². The van der Waals surface area contributed by atoms with E-state index in [1.165, 1.54) is 11.1 Å². The lowest BCUT2D eigenvalue weighted by atomic mass is 10.0. The first kappa shape index (κ1) is 23.4. The first-order valence-corrected chi connectivity index (χ1v) is 12.3. The van der Waals surface area contributed by atoms with Crippen LogP contribution < -0.4 is 10.5 Å². The Morgan fingerprint density at radius 3 is 2.42 bits per heavy atom. The van der Waals surface area contributed by atoms with Crippen molar-refractivity contribution in [3.63, 3.8) is 0 Å². The Balaban J connectivity index is 1.45. The second-order valence-corrected chi connectivity index (χ2v) is 9.22. The lowest BCUT2D eigenvalue weighted by molar-refractivity contribution is 0.0656. The van der Waals surface area contributed by atoms with Gasteiger partial charge in [-0.05, 0) is 41.8 Å². The number of nitrogen functional groups attached to an aromatic ring is 1. The molecule has 0 atom stereocenters. The smallest absolute Gasteiger partial charge is 0.263 e. The second kappa shape index (κ2) is 9.48. The number of imide groups is 1. The summed E-state index contributed by atoms with van der Waals surface area (Å²) in [5, 5.41) is 5.44. The van der Waals surface area contributed by atoms with E-state index in [1.807, 2.05) is 72.8 Å². The topological polar surface area (TPSA) is 103 Å². The van der Waals surface area contributed by atoms with Gasteiger partial charge in [0.15, 0.2) is 5.65 Å². The maximum absolute atomic E-state index is 13.7. The maximum atomic E-state index is 13.7. The number of hydrogen-bond donors (Lipinski definition) is 1. The van der Waals surface area contributed by atoms with Crippen LogP contribution in [0.1, 0.15) is 31.8 Å². The van der Waals surface area contributed by atoms with Gasteiger partial charge in [0.2, 0.25) is 0 Å². The molecule has 188 valence electrons. The number of aromatic nitrogens is 3. The van der Waals surface area contributed by atoms with E-state index in [0.717, 1.165) is 22.4 Å². The summed E-state index contributed by atoms with van der Waals surface area (Å²) in [6.45, 7) is 0.708. The molecule has 5 aromatic rings. The van der Waals surface area contributed by atoms with Gasteiger partial charge in [0.05, 0.1) is 30.2 Å². The Labute approximate surface area is 219 Å². The van der Waals surface area contributed by atoms with Crippen LogP contribution >= 0.6 is 0 Å². The number of carbonyl (C=O) groups excluding carboxylic acids is 2. The number of ether oxygens (including phenoxy) is 1. The highest BCUT2D eigenvalue weighted by Crippen LogP contribution is 2.36. The number of rotatable bonds is 7. The molecular formula is C30H25N5O3. The fourth-order valence-electron chi connectivity index (χ4n) is 4.89. The molecule has 2 N–H and O–H groups in total. The monoisotopic (exact) mass is 503 g/mol. The van der Waals surface area contributed by atoms with E-state index in [2.05, 4.69) is 4.98 Å². The van der Waals surface area contributed by atoms with Crippen LogP contribution in [0.4, 0.5) is 5.69 Å². The number of anilines is 1. The number of benzene rings is 3. The molecule has 1 aliphatic rings. The van der Waals surface area contributed by atoms with E-state index in [-0.39, 0.29) is 18.4 Å². The van der Waals surface area contributed by atoms with Gasteiger partial charge in [-0.25, -0.2) is 9.67 Å². The van der Waals surface area contributed by atoms with Crippen molar-refractivity contribution in [1.29, 1.82) is 0 Å². The van der Waals surface area contributed by atoms with Crippen molar-refractivity contribution in [2.24, 2.45) is 0 Å². The zero-order chi connectivity index (χ0) is 26.2. The van der Waals surface area contributed by atoms with Crippen LogP contribution in [0.25, 0.3) is 22.3 Å². The summed E-state index contributed by atoms with van der Waals surface area (Å²) in [6, 6.07) is 24.8. The van der Waals surface area contributed by atoms with Crippen molar-refractivity contribution in [3.05, 3.63) is 107 Å². The Morgan fingerprint density at radius 2 is 1.68 bits per heavy atom. The highest BCUT2D eigenvalue weighted by Gasteiger charge is 2.39. The van der Waals surface area contributed by atoms with Gasteiger partial charge < -0.3 is 10.5 Å². The Morgan fingerprint density at radius 1 is 0.895 bits per heavy atom. The molecule has 2 amide bonds. The largest absolute Gasteiger partial charge is 0.497 e. The molecule has 2 aromatic heterocycles. The van der Waals surface area contributed by atoms with E-state index in [9.17, 15) is 9.59 Å². The van der Waals surface area contributed by atoms with Crippen LogP contribution in [0.3, 0.4) is 0 Å². The maximum Gasteiger partial charge on any atom is 0.263 e. The summed E-state index contributed by atoms with van der Waals surface area (Å²) in [5.74, 6) is 0.0920. The van der Waals surface area contributed by atoms with E-state index in [4.69, 9.17) is 15.6 Å². The molecule has 1 aliphatic heterocycles. The van der Waals surface area contributed by atoms with Gasteiger partial charge in [-0.3, -0.25) is 14.5 Å². The third-order valence-corrected chi connectivity index (χ3v) is 6.81. The molecule has 38 heavy (non-hydrogen) atoms. The second-order valence-electron chi connectivity index (χ2n) is 9.22. The SMILES string of the molecule is COc1ccc(Cn2nc(-c3cccc(N)c3)c3c4c(cnc32)C(=O)N(CCc2ccccc2)C4=O)cc1. The molecule has 0 aliphatic carbocycles. The van der Waals surface area contributed by atoms with Crippen molar-refractivity contribution in [2.75, 3.05) is 19.4 Å². The Bertz CT molecular complexity index is 1680. The molecule has 0 unspecified atom stereocenters. The molecule has 8 nitrogen and oxygen atoms in total. The van der Waals surface area contributed by atoms with Gasteiger partial charge in [0, 0.05) is 24.0 Å². The fourth-order valence-corrected chi connectivity index (χ4v) is 4.89. The van der Waals surface area contributed by atoms with Crippen LogP contribution in [-0.2, 0) is 13.0 Å². The summed E-state index contributed by atoms with van der Waals surface area (Å²) in [5.41, 5.74) is 11.2. The minimum absolute atomic E-state index is 0.283. The predicted octanol–water partition coefficient (Wildman–Crippen LogP) is 4.58. The Kier molecular flexibility index (Phi) is 5.84. The first-order chi connectivity index (χ1) is 18.5. The normalized spacial score (nSPS) is 12.8. The van der Waals surface area contributed by atoms with Gasteiger partial charge in [0.1, 0.15) is 11.4 Å². The third-order valence-electron chi connectivity index (χ3n) is 6.81. The molecule has 0 saturated carbocycles. The van der Waals surface area contributed by atoms with Crippen LogP contribution in [0, 0.1) is 0 Å². The molecular weight excluding hydrogens is 478 g/mol. The molecule has 0 bridgehead atoms. The summed E-state index contributed by atoms with van der Waals surface area (Å²) < 4.78 is 7.04. The summed E-state index contributed by atoms with van der Waals surface area (Å²) in [4.78, 5) is 33.0. The summed E-state index contributed by atoms with van der Waals surface area (Å²) in [6.07, 6.45) is 2.07. The lowest BCUT2D eigenvalue weighted by Gasteiger charge is -2.13. The van der Waals surface area contributed by atoms with Crippen molar-refractivity contribution in [1.82, 2.24) is 19.7 Å². The first-order valence-electron chi connectivity index (χ1n) is 12.3. The standard InChI is InChI=1S/C30H25N5O3/c1-38-23-12-10-20(11-13-23)18-35-28-26(27(33-35)21-8-5-9-22(31)16-21)25-24(17-32-28)29(36)34(30(25)37)15-14-19-6-3-2-4-7-19/h2-13,16-17H,14-15,18,31H2,1H3. The van der Waals surface area contributed by atoms with E-state index < -0.39 is 0 Å². The van der Waals surface area contributed by atoms with Crippen molar-refractivity contribution in [3.8, 4) is 17.0 Å². The van der Waals surface area contributed by atoms with Gasteiger partial charge in [0.25, 0.3) is 11.8 Å². The number of amides is 2. The summed E-state index contributed by atoms with van der Waals surface area (Å²) in [7, 11) is 1.62. The highest BCUT2D eigenvalue weighted by molar-refractivity contribution is 6.27. The number of fused-ring (bicyclic) bond motifs is 3. The number of pyridine rings is 1. The number of hydrogen-bond acceptors (Lipinski definition) is 6. The van der Waals surface area contributed by atoms with Crippen molar-refractivity contribution >= 4 is 28.5 Å².